The van der Waals surface area contributed by atoms with Gasteiger partial charge in [-0.15, -0.1) is 0 Å². The van der Waals surface area contributed by atoms with Crippen molar-refractivity contribution in [1.82, 2.24) is 4.90 Å². The Morgan fingerprint density at radius 1 is 1.56 bits per heavy atom. The average molecular weight is 245 g/mol. The Morgan fingerprint density at radius 2 is 2.25 bits per heavy atom. The van der Waals surface area contributed by atoms with E-state index in [1.807, 2.05) is 0 Å². The molecule has 0 spiro atoms. The zero-order valence-corrected chi connectivity index (χ0v) is 9.95. The number of likely N-dealkylation sites (N-methyl/N-ethyl adjacent to an activating group) is 1. The van der Waals surface area contributed by atoms with Gasteiger partial charge in [0.05, 0.1) is 6.54 Å². The Bertz CT molecular complexity index is 382. The molecule has 1 N–H and O–H groups in total. The molecule has 0 aliphatic rings. The fraction of sp³-hybridized carbons (Fsp3) is 0.364. The predicted molar refractivity (Wildman–Crippen MR) is 63.4 cm³/mol. The summed E-state index contributed by atoms with van der Waals surface area (Å²) in [5.74, 6) is -0.362. The zero-order chi connectivity index (χ0) is 12.1. The van der Waals surface area contributed by atoms with Gasteiger partial charge < -0.3 is 5.11 Å². The molecule has 3 nitrogen and oxygen atoms in total. The number of hydrogen-bond donors (Lipinski definition) is 1. The monoisotopic (exact) mass is 244 g/mol. The van der Waals surface area contributed by atoms with Crippen molar-refractivity contribution in [3.8, 4) is 0 Å². The molecule has 1 unspecified atom stereocenters. The maximum absolute atomic E-state index is 12.9. The first-order valence-electron chi connectivity index (χ1n) is 4.81. The van der Waals surface area contributed by atoms with Crippen LogP contribution in [-0.2, 0) is 0 Å². The Morgan fingerprint density at radius 3 is 2.81 bits per heavy atom. The summed E-state index contributed by atoms with van der Waals surface area (Å²) < 4.78 is 12.9. The Balaban J connectivity index is 2.70. The SMILES string of the molecule is CN(C)C(O)CN=C(Cl)c1cccc(F)c1. The fourth-order valence-electron chi connectivity index (χ4n) is 1.03. The highest BCUT2D eigenvalue weighted by atomic mass is 35.5. The van der Waals surface area contributed by atoms with Crippen molar-refractivity contribution in [2.45, 2.75) is 6.23 Å². The van der Waals surface area contributed by atoms with Crippen LogP contribution < -0.4 is 0 Å². The third-order valence-corrected chi connectivity index (χ3v) is 2.39. The third-order valence-electron chi connectivity index (χ3n) is 2.05. The molecule has 0 fully saturated rings. The van der Waals surface area contributed by atoms with Gasteiger partial charge in [0.1, 0.15) is 17.2 Å². The van der Waals surface area contributed by atoms with E-state index >= 15 is 0 Å². The number of rotatable bonds is 4. The number of nitrogens with zero attached hydrogens (tertiary/aromatic N) is 2. The summed E-state index contributed by atoms with van der Waals surface area (Å²) in [5.41, 5.74) is 0.507. The molecular formula is C11H14ClFN2O. The molecule has 0 aromatic heterocycles. The molecule has 88 valence electrons. The largest absolute Gasteiger partial charge is 0.376 e. The van der Waals surface area contributed by atoms with Crippen molar-refractivity contribution in [2.24, 2.45) is 4.99 Å². The van der Waals surface area contributed by atoms with Gasteiger partial charge in [0.15, 0.2) is 0 Å². The highest BCUT2D eigenvalue weighted by molar-refractivity contribution is 6.69. The topological polar surface area (TPSA) is 35.8 Å². The minimum atomic E-state index is -0.692. The van der Waals surface area contributed by atoms with Crippen molar-refractivity contribution in [3.05, 3.63) is 35.6 Å². The molecule has 0 bridgehead atoms. The number of aliphatic imine (C=N–C) groups is 1. The van der Waals surface area contributed by atoms with Gasteiger partial charge in [-0.3, -0.25) is 9.89 Å². The van der Waals surface area contributed by atoms with Gasteiger partial charge in [-0.2, -0.15) is 0 Å². The smallest absolute Gasteiger partial charge is 0.131 e. The molecule has 0 heterocycles. The Hall–Kier alpha value is -0.970. The van der Waals surface area contributed by atoms with Crippen LogP contribution in [0.2, 0.25) is 0 Å². The van der Waals surface area contributed by atoms with Gasteiger partial charge in [0.25, 0.3) is 0 Å². The van der Waals surface area contributed by atoms with E-state index in [9.17, 15) is 9.50 Å². The van der Waals surface area contributed by atoms with Crippen LogP contribution in [0, 0.1) is 5.82 Å². The minimum absolute atomic E-state index is 0.155. The Labute approximate surface area is 99.2 Å². The van der Waals surface area contributed by atoms with E-state index in [4.69, 9.17) is 11.6 Å². The van der Waals surface area contributed by atoms with Crippen LogP contribution in [0.15, 0.2) is 29.3 Å². The van der Waals surface area contributed by atoms with E-state index in [0.717, 1.165) is 0 Å². The highest BCUT2D eigenvalue weighted by Crippen LogP contribution is 2.08. The van der Waals surface area contributed by atoms with E-state index in [2.05, 4.69) is 4.99 Å². The summed E-state index contributed by atoms with van der Waals surface area (Å²) in [5, 5.41) is 9.66. The van der Waals surface area contributed by atoms with E-state index in [0.29, 0.717) is 5.56 Å². The van der Waals surface area contributed by atoms with E-state index in [1.165, 1.54) is 12.1 Å². The van der Waals surface area contributed by atoms with Gasteiger partial charge in [0, 0.05) is 5.56 Å². The molecule has 5 heteroatoms. The molecule has 0 aliphatic carbocycles. The van der Waals surface area contributed by atoms with Gasteiger partial charge in [-0.1, -0.05) is 23.7 Å². The van der Waals surface area contributed by atoms with Gasteiger partial charge in [-0.05, 0) is 26.2 Å². The summed E-state index contributed by atoms with van der Waals surface area (Å²) in [6.07, 6.45) is -0.692. The first-order chi connectivity index (χ1) is 7.50. The lowest BCUT2D eigenvalue weighted by Gasteiger charge is -2.15. The highest BCUT2D eigenvalue weighted by Gasteiger charge is 2.06. The van der Waals surface area contributed by atoms with Crippen LogP contribution in [0.4, 0.5) is 4.39 Å². The first kappa shape index (κ1) is 13.1. The molecular weight excluding hydrogens is 231 g/mol. The maximum atomic E-state index is 12.9. The minimum Gasteiger partial charge on any atom is -0.376 e. The van der Waals surface area contributed by atoms with Crippen molar-refractivity contribution in [1.29, 1.82) is 0 Å². The van der Waals surface area contributed by atoms with E-state index in [1.54, 1.807) is 31.1 Å². The molecule has 16 heavy (non-hydrogen) atoms. The van der Waals surface area contributed by atoms with Crippen molar-refractivity contribution >= 4 is 16.8 Å². The van der Waals surface area contributed by atoms with Crippen LogP contribution in [0.5, 0.6) is 0 Å². The van der Waals surface area contributed by atoms with Crippen molar-refractivity contribution in [2.75, 3.05) is 20.6 Å². The molecule has 1 atom stereocenters. The molecule has 0 saturated carbocycles. The van der Waals surface area contributed by atoms with Crippen LogP contribution in [0.1, 0.15) is 5.56 Å². The van der Waals surface area contributed by atoms with Crippen molar-refractivity contribution < 1.29 is 9.50 Å². The Kier molecular flexibility index (Phi) is 4.86. The maximum Gasteiger partial charge on any atom is 0.131 e. The van der Waals surface area contributed by atoms with E-state index < -0.39 is 6.23 Å². The van der Waals surface area contributed by atoms with Crippen LogP contribution in [0.25, 0.3) is 0 Å². The van der Waals surface area contributed by atoms with Gasteiger partial charge in [0.2, 0.25) is 0 Å². The molecule has 0 amide bonds. The van der Waals surface area contributed by atoms with Crippen LogP contribution >= 0.6 is 11.6 Å². The molecule has 1 aromatic carbocycles. The number of aliphatic hydroxyl groups excluding tert-OH is 1. The number of benzene rings is 1. The lowest BCUT2D eigenvalue weighted by atomic mass is 10.2. The quantitative estimate of drug-likeness (QED) is 0.646. The summed E-state index contributed by atoms with van der Waals surface area (Å²) >= 11 is 5.88. The lowest BCUT2D eigenvalue weighted by Crippen LogP contribution is -2.30. The summed E-state index contributed by atoms with van der Waals surface area (Å²) in [7, 11) is 3.46. The molecule has 0 saturated heterocycles. The van der Waals surface area contributed by atoms with Crippen LogP contribution in [0.3, 0.4) is 0 Å². The first-order valence-corrected chi connectivity index (χ1v) is 5.19. The van der Waals surface area contributed by atoms with Crippen LogP contribution in [-0.4, -0.2) is 42.0 Å². The van der Waals surface area contributed by atoms with E-state index in [-0.39, 0.29) is 17.5 Å². The second kappa shape index (κ2) is 5.94. The average Bonchev–Trinajstić information content (AvgIpc) is 2.25. The van der Waals surface area contributed by atoms with Gasteiger partial charge in [-0.25, -0.2) is 4.39 Å². The van der Waals surface area contributed by atoms with Crippen molar-refractivity contribution in [3.63, 3.8) is 0 Å². The fourth-order valence-corrected chi connectivity index (χ4v) is 1.22. The molecule has 0 aliphatic heterocycles. The standard InChI is InChI=1S/C11H14ClFN2O/c1-15(2)10(16)7-14-11(12)8-4-3-5-9(13)6-8/h3-6,10,16H,7H2,1-2H3. The predicted octanol–water partition coefficient (Wildman–Crippen LogP) is 1.69. The van der Waals surface area contributed by atoms with Gasteiger partial charge >= 0.3 is 0 Å². The third kappa shape index (κ3) is 3.89. The second-order valence-corrected chi connectivity index (χ2v) is 3.94. The number of hydrogen-bond acceptors (Lipinski definition) is 3. The second-order valence-electron chi connectivity index (χ2n) is 3.59. The molecule has 1 rings (SSSR count). The normalized spacial score (nSPS) is 14.2. The number of halogens is 2. The zero-order valence-electron chi connectivity index (χ0n) is 9.19. The summed E-state index contributed by atoms with van der Waals surface area (Å²) in [4.78, 5) is 5.59. The molecule has 0 radical (unpaired) electrons. The summed E-state index contributed by atoms with van der Waals surface area (Å²) in [6.45, 7) is 0.155. The molecule has 1 aromatic rings. The lowest BCUT2D eigenvalue weighted by molar-refractivity contribution is 0.0492. The summed E-state index contributed by atoms with van der Waals surface area (Å²) in [6, 6.07) is 5.86. The number of aliphatic hydroxyl groups is 1.